The van der Waals surface area contributed by atoms with Gasteiger partial charge in [-0.05, 0) is 100 Å². The van der Waals surface area contributed by atoms with Gasteiger partial charge in [-0.3, -0.25) is 4.90 Å². The fraction of sp³-hybridized carbons (Fsp3) is 0.613. The molecule has 3 aliphatic heterocycles. The molecule has 3 aromatic rings. The van der Waals surface area contributed by atoms with Crippen LogP contribution in [0, 0.1) is 12.8 Å². The molecular formula is C31H43N5O2S. The highest BCUT2D eigenvalue weighted by Gasteiger charge is 2.42. The Bertz CT molecular complexity index is 1440. The topological polar surface area (TPSA) is 71.3 Å². The quantitative estimate of drug-likeness (QED) is 0.422. The molecule has 2 bridgehead atoms. The maximum absolute atomic E-state index is 11.9. The summed E-state index contributed by atoms with van der Waals surface area (Å²) >= 11 is 0. The third kappa shape index (κ3) is 5.16. The van der Waals surface area contributed by atoms with Crippen molar-refractivity contribution in [1.82, 2.24) is 24.3 Å². The van der Waals surface area contributed by atoms with Gasteiger partial charge in [0.2, 0.25) is 0 Å². The molecule has 210 valence electrons. The van der Waals surface area contributed by atoms with E-state index in [0.29, 0.717) is 10.8 Å². The standard InChI is InChI=1S/C31H43N5O2S/c1-20(2)19-36-24-8-9-25(36)18-26(17-24)35-14-12-22(13-15-35)28-16-21(3)29-31(32-28)34(4)30(33-29)23-6-10-27(11-7-23)39(5,37)38/h6-7,10-11,16,20,22,24-26H,8-9,12-15,17-19H2,1-5H3. The largest absolute Gasteiger partial charge is 0.312 e. The highest BCUT2D eigenvalue weighted by atomic mass is 32.2. The summed E-state index contributed by atoms with van der Waals surface area (Å²) in [6.45, 7) is 10.4. The maximum Gasteiger partial charge on any atom is 0.175 e. The third-order valence-corrected chi connectivity index (χ3v) is 10.6. The minimum absolute atomic E-state index is 0.321. The molecule has 0 aliphatic carbocycles. The number of pyridine rings is 1. The van der Waals surface area contributed by atoms with Crippen molar-refractivity contribution in [2.45, 2.75) is 88.2 Å². The van der Waals surface area contributed by atoms with Crippen LogP contribution in [0.25, 0.3) is 22.6 Å². The number of sulfone groups is 1. The van der Waals surface area contributed by atoms with E-state index in [2.05, 4.69) is 41.2 Å². The van der Waals surface area contributed by atoms with Crippen LogP contribution in [0.2, 0.25) is 0 Å². The van der Waals surface area contributed by atoms with Crippen LogP contribution in [0.5, 0.6) is 0 Å². The monoisotopic (exact) mass is 549 g/mol. The molecule has 6 rings (SSSR count). The van der Waals surface area contributed by atoms with Gasteiger partial charge >= 0.3 is 0 Å². The lowest BCUT2D eigenvalue weighted by molar-refractivity contribution is 0.0401. The van der Waals surface area contributed by atoms with E-state index >= 15 is 0 Å². The molecule has 0 saturated carbocycles. The Morgan fingerprint density at radius 1 is 0.949 bits per heavy atom. The smallest absolute Gasteiger partial charge is 0.175 e. The van der Waals surface area contributed by atoms with E-state index in [4.69, 9.17) is 9.97 Å². The Hall–Kier alpha value is -2.29. The van der Waals surface area contributed by atoms with Crippen molar-refractivity contribution in [3.63, 3.8) is 0 Å². The van der Waals surface area contributed by atoms with E-state index < -0.39 is 9.84 Å². The summed E-state index contributed by atoms with van der Waals surface area (Å²) in [6, 6.07) is 11.6. The maximum atomic E-state index is 11.9. The van der Waals surface area contributed by atoms with Crippen LogP contribution < -0.4 is 0 Å². The van der Waals surface area contributed by atoms with Crippen LogP contribution in [0.1, 0.15) is 69.5 Å². The SMILES string of the molecule is Cc1cc(C2CCN(C3CC4CCC(C3)N4CC(C)C)CC2)nc2c1nc(-c1ccc(S(C)(=O)=O)cc1)n2C. The lowest BCUT2D eigenvalue weighted by Gasteiger charge is -2.45. The molecule has 3 aliphatic rings. The third-order valence-electron chi connectivity index (χ3n) is 9.48. The van der Waals surface area contributed by atoms with Crippen LogP contribution in [-0.2, 0) is 16.9 Å². The number of benzene rings is 1. The van der Waals surface area contributed by atoms with Crippen LogP contribution in [0.15, 0.2) is 35.2 Å². The number of piperidine rings is 2. The summed E-state index contributed by atoms with van der Waals surface area (Å²) < 4.78 is 25.8. The van der Waals surface area contributed by atoms with Gasteiger partial charge in [0.15, 0.2) is 15.5 Å². The molecule has 2 atom stereocenters. The van der Waals surface area contributed by atoms with Gasteiger partial charge < -0.3 is 9.47 Å². The number of fused-ring (bicyclic) bond motifs is 3. The molecule has 2 unspecified atom stereocenters. The highest BCUT2D eigenvalue weighted by Crippen LogP contribution is 2.40. The highest BCUT2D eigenvalue weighted by molar-refractivity contribution is 7.90. The predicted molar refractivity (Wildman–Crippen MR) is 157 cm³/mol. The first kappa shape index (κ1) is 26.9. The number of hydrogen-bond donors (Lipinski definition) is 0. The Balaban J connectivity index is 1.16. The number of rotatable bonds is 6. The number of hydrogen-bond acceptors (Lipinski definition) is 6. The van der Waals surface area contributed by atoms with Crippen molar-refractivity contribution in [3.05, 3.63) is 41.6 Å². The van der Waals surface area contributed by atoms with E-state index in [0.717, 1.165) is 65.0 Å². The van der Waals surface area contributed by atoms with E-state index in [1.807, 2.05) is 19.2 Å². The van der Waals surface area contributed by atoms with Crippen molar-refractivity contribution >= 4 is 21.0 Å². The molecule has 3 fully saturated rings. The number of aromatic nitrogens is 3. The second-order valence-electron chi connectivity index (χ2n) is 12.7. The lowest BCUT2D eigenvalue weighted by atomic mass is 9.88. The zero-order valence-corrected chi connectivity index (χ0v) is 24.9. The average molecular weight is 550 g/mol. The average Bonchev–Trinajstić information content (AvgIpc) is 3.34. The summed E-state index contributed by atoms with van der Waals surface area (Å²) in [6.07, 6.45) is 9.04. The first-order chi connectivity index (χ1) is 18.6. The van der Waals surface area contributed by atoms with Gasteiger partial charge in [-0.25, -0.2) is 18.4 Å². The lowest BCUT2D eigenvalue weighted by Crippen LogP contribution is -2.52. The van der Waals surface area contributed by atoms with Crippen LogP contribution >= 0.6 is 0 Å². The fourth-order valence-electron chi connectivity index (χ4n) is 7.47. The molecular weight excluding hydrogens is 506 g/mol. The Morgan fingerprint density at radius 2 is 1.59 bits per heavy atom. The van der Waals surface area contributed by atoms with Crippen molar-refractivity contribution in [1.29, 1.82) is 0 Å². The molecule has 1 aromatic carbocycles. The second-order valence-corrected chi connectivity index (χ2v) is 14.8. The minimum Gasteiger partial charge on any atom is -0.312 e. The van der Waals surface area contributed by atoms with Gasteiger partial charge in [-0.15, -0.1) is 0 Å². The Labute approximate surface area is 233 Å². The number of nitrogens with zero attached hydrogens (tertiary/aromatic N) is 5. The number of aryl methyl sites for hydroxylation is 2. The van der Waals surface area contributed by atoms with Crippen molar-refractivity contribution < 1.29 is 8.42 Å². The van der Waals surface area contributed by atoms with E-state index in [-0.39, 0.29) is 0 Å². The summed E-state index contributed by atoms with van der Waals surface area (Å²) in [5.41, 5.74) is 5.06. The molecule has 0 spiro atoms. The molecule has 0 radical (unpaired) electrons. The van der Waals surface area contributed by atoms with Crippen LogP contribution in [0.3, 0.4) is 0 Å². The van der Waals surface area contributed by atoms with E-state index in [1.54, 1.807) is 12.1 Å². The predicted octanol–water partition coefficient (Wildman–Crippen LogP) is 5.18. The van der Waals surface area contributed by atoms with E-state index in [1.165, 1.54) is 57.3 Å². The first-order valence-electron chi connectivity index (χ1n) is 14.7. The normalized spacial score (nSPS) is 25.2. The van der Waals surface area contributed by atoms with E-state index in [9.17, 15) is 8.42 Å². The summed E-state index contributed by atoms with van der Waals surface area (Å²) in [4.78, 5) is 16.0. The van der Waals surface area contributed by atoms with Crippen LogP contribution in [0.4, 0.5) is 0 Å². The molecule has 8 heteroatoms. The molecule has 0 amide bonds. The van der Waals surface area contributed by atoms with Gasteiger partial charge in [0.05, 0.1) is 4.90 Å². The molecule has 2 aromatic heterocycles. The fourth-order valence-corrected chi connectivity index (χ4v) is 8.10. The Kier molecular flexibility index (Phi) is 7.09. The van der Waals surface area contributed by atoms with Gasteiger partial charge in [0.25, 0.3) is 0 Å². The molecule has 7 nitrogen and oxygen atoms in total. The summed E-state index contributed by atoms with van der Waals surface area (Å²) in [5.74, 6) is 2.05. The zero-order chi connectivity index (χ0) is 27.5. The van der Waals surface area contributed by atoms with Crippen molar-refractivity contribution in [2.75, 3.05) is 25.9 Å². The van der Waals surface area contributed by atoms with Gasteiger partial charge in [0, 0.05) is 55.1 Å². The first-order valence-corrected chi connectivity index (χ1v) is 16.6. The van der Waals surface area contributed by atoms with Crippen molar-refractivity contribution in [2.24, 2.45) is 13.0 Å². The van der Waals surface area contributed by atoms with Gasteiger partial charge in [-0.1, -0.05) is 13.8 Å². The van der Waals surface area contributed by atoms with Crippen LogP contribution in [-0.4, -0.2) is 76.8 Å². The number of likely N-dealkylation sites (tertiary alicyclic amines) is 1. The van der Waals surface area contributed by atoms with Gasteiger partial charge in [-0.2, -0.15) is 0 Å². The minimum atomic E-state index is -3.23. The Morgan fingerprint density at radius 3 is 2.18 bits per heavy atom. The number of imidazole rings is 1. The molecule has 5 heterocycles. The van der Waals surface area contributed by atoms with Gasteiger partial charge in [0.1, 0.15) is 11.3 Å². The van der Waals surface area contributed by atoms with Crippen molar-refractivity contribution in [3.8, 4) is 11.4 Å². The summed E-state index contributed by atoms with van der Waals surface area (Å²) in [7, 11) is -1.22. The zero-order valence-electron chi connectivity index (χ0n) is 24.1. The second kappa shape index (κ2) is 10.3. The molecule has 0 N–H and O–H groups in total. The summed E-state index contributed by atoms with van der Waals surface area (Å²) in [5, 5.41) is 0. The molecule has 39 heavy (non-hydrogen) atoms. The molecule has 3 saturated heterocycles.